The first-order chi connectivity index (χ1) is 18.5. The van der Waals surface area contributed by atoms with Crippen LogP contribution in [0.5, 0.6) is 0 Å². The second-order valence-corrected chi connectivity index (χ2v) is 11.2. The fourth-order valence-electron chi connectivity index (χ4n) is 5.68. The number of rotatable bonds is 15. The average molecular weight is 537 g/mol. The molecule has 3 fully saturated rings. The van der Waals surface area contributed by atoms with E-state index in [0.717, 1.165) is 44.9 Å². The van der Waals surface area contributed by atoms with Gasteiger partial charge in [-0.1, -0.05) is 50.7 Å². The summed E-state index contributed by atoms with van der Waals surface area (Å²) in [5.74, 6) is 4.36. The molecule has 2 aliphatic heterocycles. The summed E-state index contributed by atoms with van der Waals surface area (Å²) in [4.78, 5) is 0. The lowest BCUT2D eigenvalue weighted by Gasteiger charge is -2.36. The summed E-state index contributed by atoms with van der Waals surface area (Å²) >= 11 is 0. The Morgan fingerprint density at radius 1 is 0.947 bits per heavy atom. The summed E-state index contributed by atoms with van der Waals surface area (Å²) in [6.07, 6.45) is 17.6. The van der Waals surface area contributed by atoms with Crippen LogP contribution in [-0.2, 0) is 18.9 Å². The molecule has 7 nitrogen and oxygen atoms in total. The van der Waals surface area contributed by atoms with Gasteiger partial charge < -0.3 is 24.8 Å². The highest BCUT2D eigenvalue weighted by atomic mass is 16.9. The molecule has 1 saturated carbocycles. The number of allylic oxidation sites excluding steroid dienone is 2. The van der Waals surface area contributed by atoms with E-state index >= 15 is 0 Å². The number of unbranched alkanes of at least 4 members (excludes halogenated alkanes) is 5. The normalized spacial score (nSPS) is 30.6. The molecule has 0 bridgehead atoms. The van der Waals surface area contributed by atoms with Crippen molar-refractivity contribution in [1.29, 1.82) is 0 Å². The molecular formula is C31H52O7. The van der Waals surface area contributed by atoms with E-state index < -0.39 is 30.8 Å². The molecule has 3 N–H and O–H groups in total. The molecule has 1 aliphatic carbocycles. The van der Waals surface area contributed by atoms with Gasteiger partial charge in [0.05, 0.1) is 6.10 Å². The Hall–Kier alpha value is -0.980. The SMILES string of the molecule is CCCCCCCC=C[C@H]1CC[C@H](O)[C@@H]1CC(O)C#CCCC(O)(OC1CCCCO1)OC1CCCCO1. The van der Waals surface area contributed by atoms with E-state index in [9.17, 15) is 15.3 Å². The van der Waals surface area contributed by atoms with Crippen LogP contribution in [0.4, 0.5) is 0 Å². The Balaban J connectivity index is 1.46. The van der Waals surface area contributed by atoms with Gasteiger partial charge in [-0.2, -0.15) is 0 Å². The van der Waals surface area contributed by atoms with Crippen molar-refractivity contribution < 1.29 is 34.3 Å². The van der Waals surface area contributed by atoms with Crippen LogP contribution in [0.2, 0.25) is 0 Å². The predicted molar refractivity (Wildman–Crippen MR) is 147 cm³/mol. The van der Waals surface area contributed by atoms with Crippen molar-refractivity contribution in [3.05, 3.63) is 12.2 Å². The third kappa shape index (κ3) is 11.6. The Labute approximate surface area is 230 Å². The number of hydrogen-bond acceptors (Lipinski definition) is 7. The minimum absolute atomic E-state index is 0.0196. The molecular weight excluding hydrogens is 484 g/mol. The molecule has 0 amide bonds. The van der Waals surface area contributed by atoms with Crippen LogP contribution in [-0.4, -0.2) is 59.3 Å². The quantitative estimate of drug-likeness (QED) is 0.109. The van der Waals surface area contributed by atoms with E-state index in [-0.39, 0.29) is 18.3 Å². The minimum Gasteiger partial charge on any atom is -0.393 e. The molecule has 3 rings (SSSR count). The molecule has 3 unspecified atom stereocenters. The van der Waals surface area contributed by atoms with E-state index in [1.165, 1.54) is 32.1 Å². The highest BCUT2D eigenvalue weighted by molar-refractivity contribution is 5.07. The van der Waals surface area contributed by atoms with Crippen LogP contribution in [0.3, 0.4) is 0 Å². The fourth-order valence-corrected chi connectivity index (χ4v) is 5.68. The molecule has 0 aromatic rings. The molecule has 3 aliphatic rings. The molecule has 0 spiro atoms. The van der Waals surface area contributed by atoms with Crippen molar-refractivity contribution in [2.24, 2.45) is 11.8 Å². The molecule has 2 saturated heterocycles. The van der Waals surface area contributed by atoms with Crippen LogP contribution in [0.1, 0.15) is 116 Å². The molecule has 0 aromatic heterocycles. The van der Waals surface area contributed by atoms with Gasteiger partial charge in [-0.05, 0) is 82.5 Å². The maximum Gasteiger partial charge on any atom is 0.285 e. The van der Waals surface area contributed by atoms with Crippen molar-refractivity contribution >= 4 is 0 Å². The van der Waals surface area contributed by atoms with E-state index in [0.29, 0.717) is 38.9 Å². The third-order valence-electron chi connectivity index (χ3n) is 7.93. The van der Waals surface area contributed by atoms with Crippen molar-refractivity contribution in [3.8, 4) is 11.8 Å². The average Bonchev–Trinajstić information content (AvgIpc) is 3.26. The lowest BCUT2D eigenvalue weighted by molar-refractivity contribution is -0.441. The maximum atomic E-state index is 11.2. The van der Waals surface area contributed by atoms with Gasteiger partial charge in [0.15, 0.2) is 12.6 Å². The first-order valence-electron chi connectivity index (χ1n) is 15.3. The first kappa shape index (κ1) is 31.5. The molecule has 0 aromatic carbocycles. The van der Waals surface area contributed by atoms with E-state index in [4.69, 9.17) is 18.9 Å². The Kier molecular flexibility index (Phi) is 14.7. The fraction of sp³-hybridized carbons (Fsp3) is 0.871. The van der Waals surface area contributed by atoms with Crippen molar-refractivity contribution in [1.82, 2.24) is 0 Å². The lowest BCUT2D eigenvalue weighted by Crippen LogP contribution is -2.45. The first-order valence-corrected chi connectivity index (χ1v) is 15.3. The molecule has 38 heavy (non-hydrogen) atoms. The Morgan fingerprint density at radius 2 is 1.63 bits per heavy atom. The Morgan fingerprint density at radius 3 is 2.26 bits per heavy atom. The summed E-state index contributed by atoms with van der Waals surface area (Å²) in [5.41, 5.74) is 0. The predicted octanol–water partition coefficient (Wildman–Crippen LogP) is 5.56. The summed E-state index contributed by atoms with van der Waals surface area (Å²) in [6, 6.07) is 0. The van der Waals surface area contributed by atoms with Gasteiger partial charge in [-0.25, -0.2) is 0 Å². The number of aliphatic hydroxyl groups excluding tert-OH is 2. The minimum atomic E-state index is -1.85. The molecule has 6 atom stereocenters. The van der Waals surface area contributed by atoms with E-state index in [1.54, 1.807) is 0 Å². The molecule has 0 radical (unpaired) electrons. The lowest BCUT2D eigenvalue weighted by atomic mass is 9.88. The van der Waals surface area contributed by atoms with Crippen molar-refractivity contribution in [2.75, 3.05) is 13.2 Å². The van der Waals surface area contributed by atoms with Gasteiger partial charge >= 0.3 is 0 Å². The van der Waals surface area contributed by atoms with Gasteiger partial charge in [-0.15, -0.1) is 5.92 Å². The highest BCUT2D eigenvalue weighted by Gasteiger charge is 2.37. The number of aliphatic hydroxyl groups is 3. The van der Waals surface area contributed by atoms with Gasteiger partial charge in [0.1, 0.15) is 6.10 Å². The third-order valence-corrected chi connectivity index (χ3v) is 7.93. The largest absolute Gasteiger partial charge is 0.393 e. The van der Waals surface area contributed by atoms with Crippen molar-refractivity contribution in [3.63, 3.8) is 0 Å². The molecule has 218 valence electrons. The highest BCUT2D eigenvalue weighted by Crippen LogP contribution is 2.36. The summed E-state index contributed by atoms with van der Waals surface area (Å²) in [5, 5.41) is 32.3. The number of hydrogen-bond donors (Lipinski definition) is 3. The van der Waals surface area contributed by atoms with E-state index in [1.807, 2.05) is 0 Å². The van der Waals surface area contributed by atoms with Crippen LogP contribution < -0.4 is 0 Å². The summed E-state index contributed by atoms with van der Waals surface area (Å²) in [6.45, 7) is 3.44. The molecule has 7 heteroatoms. The monoisotopic (exact) mass is 536 g/mol. The standard InChI is InChI=1S/C31H52O7/c1-2-3-4-5-6-7-8-15-25-19-20-28(33)27(25)24-26(32)16-9-12-21-31(34,37-29-17-10-13-22-35-29)38-30-18-11-14-23-36-30/h8,15,25-30,32-34H,2-7,10-14,17-24H2,1H3/t25-,26?,27+,28-,29?,30?,31?/m0/s1. The Bertz CT molecular complexity index is 697. The summed E-state index contributed by atoms with van der Waals surface area (Å²) in [7, 11) is 0. The molecule has 2 heterocycles. The smallest absolute Gasteiger partial charge is 0.285 e. The zero-order chi connectivity index (χ0) is 27.1. The van der Waals surface area contributed by atoms with Gasteiger partial charge in [-0.3, -0.25) is 9.47 Å². The van der Waals surface area contributed by atoms with Gasteiger partial charge in [0.25, 0.3) is 5.97 Å². The zero-order valence-corrected chi connectivity index (χ0v) is 23.5. The van der Waals surface area contributed by atoms with Crippen LogP contribution in [0.15, 0.2) is 12.2 Å². The summed E-state index contributed by atoms with van der Waals surface area (Å²) < 4.78 is 23.0. The second kappa shape index (κ2) is 17.7. The zero-order valence-electron chi connectivity index (χ0n) is 23.5. The second-order valence-electron chi connectivity index (χ2n) is 11.2. The number of ether oxygens (including phenoxy) is 4. The van der Waals surface area contributed by atoms with Crippen molar-refractivity contribution in [2.45, 2.75) is 147 Å². The van der Waals surface area contributed by atoms with Crippen LogP contribution in [0.25, 0.3) is 0 Å². The maximum absolute atomic E-state index is 11.2. The van der Waals surface area contributed by atoms with Crippen LogP contribution in [0, 0.1) is 23.7 Å². The van der Waals surface area contributed by atoms with Gasteiger partial charge in [0, 0.05) is 26.1 Å². The van der Waals surface area contributed by atoms with E-state index in [2.05, 4.69) is 30.9 Å². The topological polar surface area (TPSA) is 97.6 Å². The van der Waals surface area contributed by atoms with Crippen LogP contribution >= 0.6 is 0 Å². The van der Waals surface area contributed by atoms with Gasteiger partial charge in [0.2, 0.25) is 0 Å².